The van der Waals surface area contributed by atoms with E-state index in [9.17, 15) is 27.3 Å². The fourth-order valence-electron chi connectivity index (χ4n) is 4.97. The Morgan fingerprint density at radius 1 is 1.02 bits per heavy atom. The number of fused-ring (bicyclic) bond motifs is 2. The van der Waals surface area contributed by atoms with Crippen molar-refractivity contribution in [3.63, 3.8) is 0 Å². The second-order valence-electron chi connectivity index (χ2n) is 9.34. The zero-order valence-electron chi connectivity index (χ0n) is 21.5. The molecule has 0 aliphatic carbocycles. The lowest BCUT2D eigenvalue weighted by Crippen LogP contribution is -2.65. The molecule has 2 heterocycles. The van der Waals surface area contributed by atoms with E-state index in [-0.39, 0.29) is 23.9 Å². The molecule has 0 spiro atoms. The van der Waals surface area contributed by atoms with E-state index >= 15 is 0 Å². The molecule has 3 aromatic rings. The third-order valence-electron chi connectivity index (χ3n) is 6.82. The van der Waals surface area contributed by atoms with Crippen LogP contribution < -0.4 is 19.1 Å². The van der Waals surface area contributed by atoms with Gasteiger partial charge in [-0.25, -0.2) is 13.3 Å². The highest BCUT2D eigenvalue weighted by Gasteiger charge is 2.44. The lowest BCUT2D eigenvalue weighted by atomic mass is 9.94. The van der Waals surface area contributed by atoms with E-state index in [1.807, 2.05) is 41.3 Å². The van der Waals surface area contributed by atoms with E-state index in [1.54, 1.807) is 17.0 Å². The van der Waals surface area contributed by atoms with E-state index in [4.69, 9.17) is 4.74 Å². The molecule has 212 valence electrons. The predicted octanol–water partition coefficient (Wildman–Crippen LogP) is 4.45. The zero-order chi connectivity index (χ0) is 28.7. The van der Waals surface area contributed by atoms with Crippen LogP contribution in [0.4, 0.5) is 24.5 Å². The quantitative estimate of drug-likeness (QED) is 0.465. The first-order chi connectivity index (χ1) is 19.0. The number of alkyl halides is 3. The molecule has 2 aliphatic rings. The number of aliphatic hydroxyl groups excluding tert-OH is 1. The first-order valence-electron chi connectivity index (χ1n) is 12.4. The number of nitrogens with one attached hydrogen (secondary N) is 1. The van der Waals surface area contributed by atoms with Gasteiger partial charge in [0.1, 0.15) is 15.7 Å². The number of para-hydroxylation sites is 4. The number of carbonyl (C=O) groups is 1. The molecule has 4 unspecified atom stereocenters. The maximum Gasteiger partial charge on any atom is 0.573 e. The van der Waals surface area contributed by atoms with Crippen molar-refractivity contribution in [1.82, 2.24) is 9.62 Å². The van der Waals surface area contributed by atoms with Crippen molar-refractivity contribution >= 4 is 27.2 Å². The zero-order valence-corrected chi connectivity index (χ0v) is 22.4. The van der Waals surface area contributed by atoms with Crippen LogP contribution in [0.5, 0.6) is 17.2 Å². The van der Waals surface area contributed by atoms with Gasteiger partial charge in [-0.3, -0.25) is 4.79 Å². The van der Waals surface area contributed by atoms with Crippen molar-refractivity contribution in [1.29, 1.82) is 0 Å². The summed E-state index contributed by atoms with van der Waals surface area (Å²) < 4.78 is 68.6. The summed E-state index contributed by atoms with van der Waals surface area (Å²) in [5.74, 6) is 0.434. The molecular formula is C27H27F3N4O5S. The number of aliphatic hydroxyl groups is 1. The molecule has 5 rings (SSSR count). The molecule has 0 radical (unpaired) electrons. The van der Waals surface area contributed by atoms with Gasteiger partial charge in [-0.2, -0.15) is 0 Å². The molecule has 0 bridgehead atoms. The molecule has 1 saturated heterocycles. The fraction of sp³-hybridized carbons (Fsp3) is 0.296. The third kappa shape index (κ3) is 5.44. The van der Waals surface area contributed by atoms with Crippen molar-refractivity contribution < 1.29 is 36.8 Å². The molecule has 2 N–H and O–H groups in total. The van der Waals surface area contributed by atoms with E-state index < -0.39 is 40.2 Å². The Balaban J connectivity index is 1.50. The minimum atomic E-state index is -4.87. The van der Waals surface area contributed by atoms with E-state index in [2.05, 4.69) is 13.8 Å². The van der Waals surface area contributed by atoms with Gasteiger partial charge >= 0.3 is 6.36 Å². The van der Waals surface area contributed by atoms with Crippen LogP contribution in [-0.2, 0) is 14.7 Å². The van der Waals surface area contributed by atoms with Gasteiger partial charge < -0.3 is 24.4 Å². The SMILES string of the molecule is CN=S(=O)(NC1CN(C(C)=O)CC(N2c3ccccc3Oc3ccccc32)C1O)c1ccc(OC(F)(F)F)cc1. The first-order valence-corrected chi connectivity index (χ1v) is 13.9. The number of amides is 1. The summed E-state index contributed by atoms with van der Waals surface area (Å²) in [6.45, 7) is 1.61. The van der Waals surface area contributed by atoms with Crippen LogP contribution in [0.2, 0.25) is 0 Å². The van der Waals surface area contributed by atoms with Crippen molar-refractivity contribution in [3.05, 3.63) is 72.8 Å². The lowest BCUT2D eigenvalue weighted by molar-refractivity contribution is -0.274. The summed E-state index contributed by atoms with van der Waals surface area (Å²) >= 11 is 0. The molecule has 1 fully saturated rings. The van der Waals surface area contributed by atoms with Crippen LogP contribution in [-0.4, -0.2) is 64.8 Å². The average Bonchev–Trinajstić information content (AvgIpc) is 2.92. The Morgan fingerprint density at radius 2 is 1.60 bits per heavy atom. The number of benzene rings is 3. The summed E-state index contributed by atoms with van der Waals surface area (Å²) in [7, 11) is -2.12. The van der Waals surface area contributed by atoms with Gasteiger partial charge in [0.15, 0.2) is 11.5 Å². The number of ether oxygens (including phenoxy) is 2. The molecule has 40 heavy (non-hydrogen) atoms. The van der Waals surface area contributed by atoms with Gasteiger partial charge in [0.2, 0.25) is 5.91 Å². The number of anilines is 2. The molecular weight excluding hydrogens is 549 g/mol. The number of hydrogen-bond acceptors (Lipinski definition) is 7. The van der Waals surface area contributed by atoms with Crippen LogP contribution in [0.15, 0.2) is 82.1 Å². The van der Waals surface area contributed by atoms with Crippen LogP contribution in [0.3, 0.4) is 0 Å². The highest BCUT2D eigenvalue weighted by molar-refractivity contribution is 7.91. The van der Waals surface area contributed by atoms with Crippen molar-refractivity contribution in [2.45, 2.75) is 36.4 Å². The Bertz CT molecular complexity index is 1480. The summed E-state index contributed by atoms with van der Waals surface area (Å²) in [5.41, 5.74) is 1.38. The Hall–Kier alpha value is -3.81. The smallest absolute Gasteiger partial charge is 0.453 e. The van der Waals surface area contributed by atoms with Gasteiger partial charge in [0.25, 0.3) is 0 Å². The molecule has 13 heteroatoms. The van der Waals surface area contributed by atoms with Gasteiger partial charge in [-0.15, -0.1) is 13.2 Å². The third-order valence-corrected chi connectivity index (χ3v) is 8.87. The normalized spacial score (nSPS) is 21.9. The Kier molecular flexibility index (Phi) is 7.38. The summed E-state index contributed by atoms with van der Waals surface area (Å²) in [5, 5.41) is 11.7. The van der Waals surface area contributed by atoms with Crippen LogP contribution >= 0.6 is 0 Å². The largest absolute Gasteiger partial charge is 0.573 e. The van der Waals surface area contributed by atoms with Gasteiger partial charge in [0, 0.05) is 27.1 Å². The summed E-state index contributed by atoms with van der Waals surface area (Å²) in [4.78, 5) is 16.2. The van der Waals surface area contributed by atoms with Gasteiger partial charge in [-0.05, 0) is 48.5 Å². The van der Waals surface area contributed by atoms with Crippen molar-refractivity contribution in [2.24, 2.45) is 4.36 Å². The first kappa shape index (κ1) is 27.7. The molecule has 0 aromatic heterocycles. The number of likely N-dealkylation sites (tertiary alicyclic amines) is 1. The van der Waals surface area contributed by atoms with Crippen LogP contribution in [0, 0.1) is 0 Å². The van der Waals surface area contributed by atoms with E-state index in [0.717, 1.165) is 12.1 Å². The number of rotatable bonds is 5. The standard InChI is InChI=1S/C27H27F3N4O5S/c1-17(35)33-15-20(32-40(37,31-2)19-13-11-18(12-14-19)39-27(28,29)30)26(36)23(16-33)34-21-7-3-5-9-24(21)38-25-10-6-4-8-22(25)34/h3-14,20,23,26,36H,15-16H2,1-2H3,(H,31,32,37). The number of piperidine rings is 1. The Labute approximate surface area is 229 Å². The number of carbonyl (C=O) groups excluding carboxylic acids is 1. The Morgan fingerprint density at radius 3 is 2.12 bits per heavy atom. The second-order valence-corrected chi connectivity index (χ2v) is 11.5. The number of halogens is 3. The molecule has 9 nitrogen and oxygen atoms in total. The second kappa shape index (κ2) is 10.6. The number of hydrogen-bond donors (Lipinski definition) is 2. The van der Waals surface area contributed by atoms with Crippen molar-refractivity contribution in [3.8, 4) is 17.2 Å². The minimum Gasteiger partial charge on any atom is -0.453 e. The molecule has 1 amide bonds. The number of nitrogens with zero attached hydrogens (tertiary/aromatic N) is 3. The van der Waals surface area contributed by atoms with Crippen LogP contribution in [0.1, 0.15) is 6.92 Å². The molecule has 3 aromatic carbocycles. The monoisotopic (exact) mass is 576 g/mol. The topological polar surface area (TPSA) is 104 Å². The van der Waals surface area contributed by atoms with E-state index in [0.29, 0.717) is 22.9 Å². The summed E-state index contributed by atoms with van der Waals surface area (Å²) in [6, 6.07) is 17.6. The molecule has 4 atom stereocenters. The maximum atomic E-state index is 13.9. The predicted molar refractivity (Wildman–Crippen MR) is 142 cm³/mol. The average molecular weight is 577 g/mol. The van der Waals surface area contributed by atoms with E-state index in [1.165, 1.54) is 26.1 Å². The maximum absolute atomic E-state index is 13.9. The van der Waals surface area contributed by atoms with Crippen molar-refractivity contribution in [2.75, 3.05) is 25.0 Å². The minimum absolute atomic E-state index is 0.0302. The highest BCUT2D eigenvalue weighted by atomic mass is 32.2. The lowest BCUT2D eigenvalue weighted by Gasteiger charge is -2.48. The van der Waals surface area contributed by atoms with Gasteiger partial charge in [-0.1, -0.05) is 24.3 Å². The molecule has 2 aliphatic heterocycles. The van der Waals surface area contributed by atoms with Crippen LogP contribution in [0.25, 0.3) is 0 Å². The fourth-order valence-corrected chi connectivity index (χ4v) is 6.55. The summed E-state index contributed by atoms with van der Waals surface area (Å²) in [6.07, 6.45) is -6.02. The molecule has 0 saturated carbocycles. The highest BCUT2D eigenvalue weighted by Crippen LogP contribution is 2.48. The van der Waals surface area contributed by atoms with Gasteiger partial charge in [0.05, 0.1) is 34.5 Å².